The Hall–Kier alpha value is -0.780. The minimum absolute atomic E-state index is 0.572. The first-order valence-corrected chi connectivity index (χ1v) is 9.17. The molecule has 0 amide bonds. The van der Waals surface area contributed by atoms with E-state index >= 15 is 0 Å². The van der Waals surface area contributed by atoms with Crippen molar-refractivity contribution in [1.82, 2.24) is 0 Å². The topological polar surface area (TPSA) is 20.2 Å². The van der Waals surface area contributed by atoms with E-state index in [1.807, 2.05) is 0 Å². The van der Waals surface area contributed by atoms with Gasteiger partial charge in [0.2, 0.25) is 0 Å². The van der Waals surface area contributed by atoms with Crippen LogP contribution < -0.4 is 0 Å². The summed E-state index contributed by atoms with van der Waals surface area (Å²) in [5.74, 6) is -76.9. The molecule has 218 valence electrons. The first-order valence-electron chi connectivity index (χ1n) is 7.92. The third-order valence-electron chi connectivity index (χ3n) is 4.25. The van der Waals surface area contributed by atoms with E-state index in [0.717, 1.165) is 0 Å². The van der Waals surface area contributed by atoms with Crippen LogP contribution in [0.4, 0.5) is 92.2 Å². The second-order valence-electron chi connectivity index (χ2n) is 6.78. The van der Waals surface area contributed by atoms with Gasteiger partial charge in [0, 0.05) is 10.3 Å². The van der Waals surface area contributed by atoms with E-state index in [0.29, 0.717) is 22.6 Å². The maximum atomic E-state index is 13.5. The highest BCUT2D eigenvalue weighted by Crippen LogP contribution is 2.66. The lowest BCUT2D eigenvalue weighted by Crippen LogP contribution is -2.76. The molecule has 1 N–H and O–H groups in total. The van der Waals surface area contributed by atoms with Gasteiger partial charge < -0.3 is 5.11 Å². The standard InChI is InChI=1S/C13H6F21IO/c14-4(15,1-3(35)2-36)5(16,17)6(18,19)7(20,21)8(22,23)9(24,25)10(26,27)11(28,29)12(30,31)13(32,33)34/h3,36H,1-2H2/t3-/m0/s1. The predicted octanol–water partition coefficient (Wildman–Crippen LogP) is 7.45. The van der Waals surface area contributed by atoms with Crippen LogP contribution in [0.2, 0.25) is 0 Å². The molecule has 0 aromatic heterocycles. The fraction of sp³-hybridized carbons (Fsp3) is 1.00. The van der Waals surface area contributed by atoms with Crippen molar-refractivity contribution in [1.29, 1.82) is 0 Å². The summed E-state index contributed by atoms with van der Waals surface area (Å²) in [5.41, 5.74) is 0. The minimum atomic E-state index is -9.17. The number of aliphatic hydroxyl groups is 1. The van der Waals surface area contributed by atoms with E-state index in [1.54, 1.807) is 0 Å². The zero-order valence-electron chi connectivity index (χ0n) is 15.8. The summed E-state index contributed by atoms with van der Waals surface area (Å²) in [5, 5.41) is 8.41. The van der Waals surface area contributed by atoms with E-state index in [1.165, 1.54) is 0 Å². The monoisotopic (exact) mass is 704 g/mol. The molecule has 1 atom stereocenters. The van der Waals surface area contributed by atoms with Crippen molar-refractivity contribution >= 4 is 22.6 Å². The molecule has 36 heavy (non-hydrogen) atoms. The van der Waals surface area contributed by atoms with Crippen molar-refractivity contribution in [3.8, 4) is 0 Å². The Balaban J connectivity index is 7.00. The van der Waals surface area contributed by atoms with Crippen LogP contribution in [0.3, 0.4) is 0 Å². The van der Waals surface area contributed by atoms with Gasteiger partial charge in [0.1, 0.15) is 0 Å². The Morgan fingerprint density at radius 2 is 0.639 bits per heavy atom. The molecule has 0 saturated carbocycles. The number of rotatable bonds is 11. The van der Waals surface area contributed by atoms with E-state index in [4.69, 9.17) is 5.11 Å². The van der Waals surface area contributed by atoms with Crippen molar-refractivity contribution in [3.05, 3.63) is 0 Å². The second-order valence-corrected chi connectivity index (χ2v) is 8.54. The van der Waals surface area contributed by atoms with Gasteiger partial charge in [-0.15, -0.1) is 0 Å². The Bertz CT molecular complexity index is 783. The summed E-state index contributed by atoms with van der Waals surface area (Å²) in [4.78, 5) is 0. The molecule has 0 heterocycles. The summed E-state index contributed by atoms with van der Waals surface area (Å²) in [6.45, 7) is -1.61. The van der Waals surface area contributed by atoms with Crippen LogP contribution in [-0.2, 0) is 0 Å². The Kier molecular flexibility index (Phi) is 8.96. The molecule has 0 aromatic carbocycles. The molecular weight excluding hydrogens is 698 g/mol. The fourth-order valence-electron chi connectivity index (χ4n) is 2.06. The van der Waals surface area contributed by atoms with Gasteiger partial charge >= 0.3 is 59.5 Å². The Labute approximate surface area is 197 Å². The lowest BCUT2D eigenvalue weighted by Gasteiger charge is -2.44. The van der Waals surface area contributed by atoms with Crippen LogP contribution in [0.25, 0.3) is 0 Å². The number of hydrogen-bond acceptors (Lipinski definition) is 1. The number of aliphatic hydroxyl groups excluding tert-OH is 1. The van der Waals surface area contributed by atoms with Crippen LogP contribution in [0, 0.1) is 0 Å². The van der Waals surface area contributed by atoms with Gasteiger partial charge in [-0.05, 0) is 0 Å². The molecule has 0 spiro atoms. The quantitative estimate of drug-likeness (QED) is 0.135. The van der Waals surface area contributed by atoms with E-state index < -0.39 is 76.4 Å². The number of halogens is 22. The van der Waals surface area contributed by atoms with Crippen molar-refractivity contribution in [2.45, 2.75) is 69.8 Å². The van der Waals surface area contributed by atoms with Crippen LogP contribution >= 0.6 is 22.6 Å². The summed E-state index contributed by atoms with van der Waals surface area (Å²) < 4.78 is 273. The maximum absolute atomic E-state index is 13.5. The average Bonchev–Trinajstić information content (AvgIpc) is 2.65. The van der Waals surface area contributed by atoms with Gasteiger partial charge in [0.05, 0.1) is 6.61 Å². The summed E-state index contributed by atoms with van der Waals surface area (Å²) in [6, 6.07) is 0. The van der Waals surface area contributed by atoms with Crippen LogP contribution in [0.1, 0.15) is 6.42 Å². The lowest BCUT2D eigenvalue weighted by molar-refractivity contribution is -0.474. The highest BCUT2D eigenvalue weighted by Gasteiger charge is 2.97. The van der Waals surface area contributed by atoms with Gasteiger partial charge in [-0.1, -0.05) is 22.6 Å². The van der Waals surface area contributed by atoms with Crippen molar-refractivity contribution < 1.29 is 97.3 Å². The maximum Gasteiger partial charge on any atom is 0.460 e. The Morgan fingerprint density at radius 1 is 0.417 bits per heavy atom. The zero-order chi connectivity index (χ0) is 30.0. The van der Waals surface area contributed by atoms with Gasteiger partial charge in [-0.2, -0.15) is 92.2 Å². The van der Waals surface area contributed by atoms with Crippen molar-refractivity contribution in [3.63, 3.8) is 0 Å². The Morgan fingerprint density at radius 3 is 0.861 bits per heavy atom. The molecule has 0 rings (SSSR count). The molecule has 0 saturated heterocycles. The smallest absolute Gasteiger partial charge is 0.395 e. The molecule has 0 fully saturated rings. The summed E-state index contributed by atoms with van der Waals surface area (Å²) in [6.07, 6.45) is -10.8. The zero-order valence-corrected chi connectivity index (χ0v) is 17.9. The van der Waals surface area contributed by atoms with Crippen LogP contribution in [0.5, 0.6) is 0 Å². The summed E-state index contributed by atoms with van der Waals surface area (Å²) >= 11 is 0.572. The SMILES string of the molecule is OC[C@@H](I)CC(F)(F)C(F)(F)C(F)(F)C(F)(F)C(F)(F)C(F)(F)C(F)(F)C(F)(F)C(F)(F)C(F)(F)F. The second kappa shape index (κ2) is 9.16. The van der Waals surface area contributed by atoms with Crippen molar-refractivity contribution in [2.24, 2.45) is 0 Å². The first-order chi connectivity index (χ1) is 15.2. The molecule has 0 aliphatic heterocycles. The molecule has 0 aliphatic carbocycles. The third-order valence-corrected chi connectivity index (χ3v) is 5.09. The molecule has 23 heteroatoms. The largest absolute Gasteiger partial charge is 0.460 e. The third kappa shape index (κ3) is 4.53. The average molecular weight is 704 g/mol. The minimum Gasteiger partial charge on any atom is -0.395 e. The van der Waals surface area contributed by atoms with Gasteiger partial charge in [0.15, 0.2) is 0 Å². The highest BCUT2D eigenvalue weighted by atomic mass is 127. The van der Waals surface area contributed by atoms with E-state index in [-0.39, 0.29) is 0 Å². The lowest BCUT2D eigenvalue weighted by atomic mass is 9.85. The fourth-order valence-corrected chi connectivity index (χ4v) is 2.61. The van der Waals surface area contributed by atoms with Gasteiger partial charge in [0.25, 0.3) is 0 Å². The number of hydrogen-bond donors (Lipinski definition) is 1. The number of alkyl halides is 22. The molecule has 0 unspecified atom stereocenters. The normalized spacial score (nSPS) is 17.4. The van der Waals surface area contributed by atoms with Crippen LogP contribution in [-0.4, -0.2) is 75.1 Å². The molecule has 0 radical (unpaired) electrons. The van der Waals surface area contributed by atoms with Gasteiger partial charge in [-0.3, -0.25) is 0 Å². The highest BCUT2D eigenvalue weighted by molar-refractivity contribution is 14.1. The molecule has 1 nitrogen and oxygen atoms in total. The first kappa shape index (κ1) is 35.2. The van der Waals surface area contributed by atoms with Crippen molar-refractivity contribution in [2.75, 3.05) is 6.61 Å². The molecule has 0 bridgehead atoms. The molecular formula is C13H6F21IO. The predicted molar refractivity (Wildman–Crippen MR) is 80.1 cm³/mol. The molecule has 0 aliphatic rings. The van der Waals surface area contributed by atoms with Gasteiger partial charge in [-0.25, -0.2) is 0 Å². The molecule has 0 aromatic rings. The van der Waals surface area contributed by atoms with E-state index in [9.17, 15) is 92.2 Å². The summed E-state index contributed by atoms with van der Waals surface area (Å²) in [7, 11) is 0. The van der Waals surface area contributed by atoms with Crippen LogP contribution in [0.15, 0.2) is 0 Å². The van der Waals surface area contributed by atoms with E-state index in [2.05, 4.69) is 0 Å².